The minimum atomic E-state index is 0.482. The number of rotatable bonds is 2. The van der Waals surface area contributed by atoms with E-state index in [1.165, 1.54) is 28.7 Å². The van der Waals surface area contributed by atoms with Crippen molar-refractivity contribution < 1.29 is 0 Å². The summed E-state index contributed by atoms with van der Waals surface area (Å²) in [5, 5.41) is 14.2. The number of aromatic nitrogens is 4. The van der Waals surface area contributed by atoms with E-state index < -0.39 is 0 Å². The highest BCUT2D eigenvalue weighted by Gasteiger charge is 1.94. The van der Waals surface area contributed by atoms with Crippen LogP contribution >= 0.6 is 22.9 Å². The Morgan fingerprint density at radius 2 is 2.23 bits per heavy atom. The molecule has 0 radical (unpaired) electrons. The van der Waals surface area contributed by atoms with Crippen LogP contribution in [0.2, 0.25) is 5.15 Å². The molecule has 0 aliphatic heterocycles. The summed E-state index contributed by atoms with van der Waals surface area (Å²) in [6.07, 6.45) is 4.58. The molecule has 2 rings (SSSR count). The lowest BCUT2D eigenvalue weighted by atomic mass is 10.8. The van der Waals surface area contributed by atoms with Gasteiger partial charge in [-0.05, 0) is 0 Å². The van der Waals surface area contributed by atoms with Gasteiger partial charge in [0.05, 0.1) is 6.21 Å². The Labute approximate surface area is 82.7 Å². The molecule has 0 amide bonds. The Bertz CT molecular complexity index is 406. The van der Waals surface area contributed by atoms with Gasteiger partial charge in [0.1, 0.15) is 22.8 Å². The lowest BCUT2D eigenvalue weighted by Crippen LogP contribution is -1.85. The second-order valence-corrected chi connectivity index (χ2v) is 3.37. The van der Waals surface area contributed by atoms with E-state index in [1.54, 1.807) is 11.6 Å². The summed E-state index contributed by atoms with van der Waals surface area (Å²) in [6, 6.07) is 0. The fourth-order valence-electron chi connectivity index (χ4n) is 0.697. The molecule has 13 heavy (non-hydrogen) atoms. The highest BCUT2D eigenvalue weighted by Crippen LogP contribution is 2.11. The van der Waals surface area contributed by atoms with Crippen LogP contribution in [-0.2, 0) is 0 Å². The quantitative estimate of drug-likeness (QED) is 0.706. The van der Waals surface area contributed by atoms with Crippen LogP contribution in [0.25, 0.3) is 0 Å². The van der Waals surface area contributed by atoms with Gasteiger partial charge in [-0.15, -0.1) is 21.5 Å². The van der Waals surface area contributed by atoms with Crippen molar-refractivity contribution in [3.8, 4) is 0 Å². The normalized spacial score (nSPS) is 11.2. The van der Waals surface area contributed by atoms with Gasteiger partial charge in [0, 0.05) is 5.38 Å². The Kier molecular flexibility index (Phi) is 2.33. The van der Waals surface area contributed by atoms with Crippen molar-refractivity contribution in [3.63, 3.8) is 0 Å². The first kappa shape index (κ1) is 8.33. The molecule has 0 spiro atoms. The minimum absolute atomic E-state index is 0.482. The molecule has 7 heteroatoms. The Morgan fingerprint density at radius 1 is 1.46 bits per heavy atom. The topological polar surface area (TPSA) is 56.0 Å². The van der Waals surface area contributed by atoms with Gasteiger partial charge >= 0.3 is 0 Å². The first-order valence-electron chi connectivity index (χ1n) is 3.34. The maximum Gasteiger partial charge on any atom is 0.141 e. The molecule has 0 saturated heterocycles. The number of nitrogens with zero attached hydrogens (tertiary/aromatic N) is 5. The molecule has 0 aliphatic carbocycles. The van der Waals surface area contributed by atoms with Crippen molar-refractivity contribution in [3.05, 3.63) is 28.2 Å². The molecule has 0 bridgehead atoms. The van der Waals surface area contributed by atoms with Gasteiger partial charge in [0.2, 0.25) is 0 Å². The summed E-state index contributed by atoms with van der Waals surface area (Å²) in [7, 11) is 0. The molecule has 0 atom stereocenters. The van der Waals surface area contributed by atoms with E-state index >= 15 is 0 Å². The molecular weight excluding hydrogens is 210 g/mol. The zero-order chi connectivity index (χ0) is 9.10. The number of halogens is 1. The zero-order valence-corrected chi connectivity index (χ0v) is 7.90. The average molecular weight is 214 g/mol. The Balaban J connectivity index is 2.14. The molecule has 0 unspecified atom stereocenters. The van der Waals surface area contributed by atoms with E-state index in [0.717, 1.165) is 5.01 Å². The first-order chi connectivity index (χ1) is 6.34. The van der Waals surface area contributed by atoms with E-state index in [1.807, 2.05) is 0 Å². The van der Waals surface area contributed by atoms with Crippen molar-refractivity contribution in [2.75, 3.05) is 0 Å². The van der Waals surface area contributed by atoms with Gasteiger partial charge in [-0.2, -0.15) is 5.10 Å². The van der Waals surface area contributed by atoms with Crippen LogP contribution in [0, 0.1) is 0 Å². The van der Waals surface area contributed by atoms with Gasteiger partial charge in [0.25, 0.3) is 0 Å². The van der Waals surface area contributed by atoms with Crippen molar-refractivity contribution in [2.24, 2.45) is 5.10 Å². The van der Waals surface area contributed by atoms with Crippen molar-refractivity contribution >= 4 is 29.2 Å². The van der Waals surface area contributed by atoms with Gasteiger partial charge < -0.3 is 0 Å². The van der Waals surface area contributed by atoms with E-state index in [2.05, 4.69) is 20.3 Å². The monoisotopic (exact) mass is 213 g/mol. The predicted octanol–water partition coefficient (Wildman–Crippen LogP) is 1.27. The van der Waals surface area contributed by atoms with Crippen molar-refractivity contribution in [1.82, 2.24) is 19.9 Å². The third kappa shape index (κ3) is 2.10. The molecule has 2 aromatic rings. The van der Waals surface area contributed by atoms with Crippen LogP contribution in [0.5, 0.6) is 0 Å². The highest BCUT2D eigenvalue weighted by molar-refractivity contribution is 7.11. The summed E-state index contributed by atoms with van der Waals surface area (Å²) >= 11 is 7.05. The van der Waals surface area contributed by atoms with Crippen LogP contribution in [0.4, 0.5) is 0 Å². The van der Waals surface area contributed by atoms with E-state index in [9.17, 15) is 0 Å². The van der Waals surface area contributed by atoms with Crippen LogP contribution < -0.4 is 0 Å². The summed E-state index contributed by atoms with van der Waals surface area (Å²) in [6.45, 7) is 0. The van der Waals surface area contributed by atoms with Gasteiger partial charge in [-0.3, -0.25) is 0 Å². The molecule has 2 aromatic heterocycles. The summed E-state index contributed by atoms with van der Waals surface area (Å²) < 4.78 is 1.48. The fourth-order valence-corrected chi connectivity index (χ4v) is 1.50. The molecule has 2 heterocycles. The first-order valence-corrected chi connectivity index (χ1v) is 4.60. The fraction of sp³-hybridized carbons (Fsp3) is 0. The third-order valence-electron chi connectivity index (χ3n) is 1.20. The molecule has 0 aromatic carbocycles. The summed E-state index contributed by atoms with van der Waals surface area (Å²) in [4.78, 5) is 3.99. The molecule has 0 fully saturated rings. The average Bonchev–Trinajstić information content (AvgIpc) is 2.71. The lowest BCUT2D eigenvalue weighted by Gasteiger charge is -1.85. The third-order valence-corrected chi connectivity index (χ3v) is 2.30. The summed E-state index contributed by atoms with van der Waals surface area (Å²) in [5.41, 5.74) is 0. The van der Waals surface area contributed by atoms with Crippen LogP contribution in [0.1, 0.15) is 5.01 Å². The maximum atomic E-state index is 5.63. The SMILES string of the molecule is Clc1csc(/C=N/n2cnnc2)n1. The van der Waals surface area contributed by atoms with Crippen LogP contribution in [-0.4, -0.2) is 26.1 Å². The minimum Gasteiger partial charge on any atom is -0.223 e. The zero-order valence-electron chi connectivity index (χ0n) is 6.33. The maximum absolute atomic E-state index is 5.63. The van der Waals surface area contributed by atoms with E-state index in [4.69, 9.17) is 11.6 Å². The number of hydrogen-bond donors (Lipinski definition) is 0. The van der Waals surface area contributed by atoms with Gasteiger partial charge in [-0.1, -0.05) is 11.6 Å². The Hall–Kier alpha value is -1.27. The van der Waals surface area contributed by atoms with Crippen LogP contribution in [0.15, 0.2) is 23.1 Å². The molecule has 5 nitrogen and oxygen atoms in total. The van der Waals surface area contributed by atoms with E-state index in [0.29, 0.717) is 5.15 Å². The standard InChI is InChI=1S/C6H4ClN5S/c7-5-2-13-6(11-5)1-10-12-3-8-9-4-12/h1-4H/b10-1+. The largest absolute Gasteiger partial charge is 0.223 e. The van der Waals surface area contributed by atoms with Crippen molar-refractivity contribution in [2.45, 2.75) is 0 Å². The van der Waals surface area contributed by atoms with Crippen LogP contribution in [0.3, 0.4) is 0 Å². The second kappa shape index (κ2) is 3.63. The summed E-state index contributed by atoms with van der Waals surface area (Å²) in [5.74, 6) is 0. The van der Waals surface area contributed by atoms with E-state index in [-0.39, 0.29) is 0 Å². The highest BCUT2D eigenvalue weighted by atomic mass is 35.5. The molecule has 0 saturated carbocycles. The van der Waals surface area contributed by atoms with Gasteiger partial charge in [0.15, 0.2) is 0 Å². The number of hydrogen-bond acceptors (Lipinski definition) is 5. The smallest absolute Gasteiger partial charge is 0.141 e. The van der Waals surface area contributed by atoms with Gasteiger partial charge in [-0.25, -0.2) is 9.66 Å². The molecule has 0 N–H and O–H groups in total. The lowest BCUT2D eigenvalue weighted by molar-refractivity contribution is 0.878. The second-order valence-electron chi connectivity index (χ2n) is 2.09. The molecule has 0 aliphatic rings. The Morgan fingerprint density at radius 3 is 2.85 bits per heavy atom. The predicted molar refractivity (Wildman–Crippen MR) is 50.1 cm³/mol. The number of thiazole rings is 1. The molecule has 66 valence electrons. The molecular formula is C6H4ClN5S. The van der Waals surface area contributed by atoms with Crippen molar-refractivity contribution in [1.29, 1.82) is 0 Å².